The molecule has 1 heterocycles. The summed E-state index contributed by atoms with van der Waals surface area (Å²) < 4.78 is 2.40. The number of halogens is 1. The Morgan fingerprint density at radius 1 is 1.53 bits per heavy atom. The quantitative estimate of drug-likeness (QED) is 0.933. The molecule has 19 heavy (non-hydrogen) atoms. The maximum atomic E-state index is 11.6. The number of nitriles is 1. The molecule has 0 atom stereocenters. The molecular formula is C12H11BrN4OS. The number of aromatic amines is 1. The van der Waals surface area contributed by atoms with Crippen molar-refractivity contribution in [2.75, 3.05) is 0 Å². The van der Waals surface area contributed by atoms with Crippen LogP contribution < -0.4 is 5.69 Å². The highest BCUT2D eigenvalue weighted by molar-refractivity contribution is 9.10. The molecule has 0 unspecified atom stereocenters. The Balaban J connectivity index is 2.37. The van der Waals surface area contributed by atoms with Gasteiger partial charge < -0.3 is 0 Å². The fourth-order valence-electron chi connectivity index (χ4n) is 1.57. The van der Waals surface area contributed by atoms with E-state index >= 15 is 0 Å². The van der Waals surface area contributed by atoms with E-state index in [0.717, 1.165) is 9.37 Å². The largest absolute Gasteiger partial charge is 0.344 e. The van der Waals surface area contributed by atoms with Crippen molar-refractivity contribution < 1.29 is 0 Å². The summed E-state index contributed by atoms with van der Waals surface area (Å²) in [5.41, 5.74) is 0.363. The fraction of sp³-hybridized carbons (Fsp3) is 0.250. The first kappa shape index (κ1) is 13.9. The maximum Gasteiger partial charge on any atom is 0.344 e. The zero-order valence-electron chi connectivity index (χ0n) is 10.3. The highest BCUT2D eigenvalue weighted by Gasteiger charge is 2.14. The minimum Gasteiger partial charge on any atom is -0.267 e. The van der Waals surface area contributed by atoms with Crippen LogP contribution in [0, 0.1) is 11.3 Å². The summed E-state index contributed by atoms with van der Waals surface area (Å²) in [6, 6.07) is 7.42. The van der Waals surface area contributed by atoms with Gasteiger partial charge in [-0.2, -0.15) is 5.26 Å². The van der Waals surface area contributed by atoms with Crippen LogP contribution in [0.5, 0.6) is 0 Å². The Morgan fingerprint density at radius 3 is 2.84 bits per heavy atom. The fourth-order valence-corrected chi connectivity index (χ4v) is 3.16. The predicted octanol–water partition coefficient (Wildman–Crippen LogP) is 2.94. The summed E-state index contributed by atoms with van der Waals surface area (Å²) in [7, 11) is 0. The highest BCUT2D eigenvalue weighted by atomic mass is 79.9. The monoisotopic (exact) mass is 338 g/mol. The summed E-state index contributed by atoms with van der Waals surface area (Å²) in [4.78, 5) is 12.5. The molecule has 1 aromatic carbocycles. The van der Waals surface area contributed by atoms with Crippen molar-refractivity contribution in [3.63, 3.8) is 0 Å². The van der Waals surface area contributed by atoms with Gasteiger partial charge in [-0.1, -0.05) is 0 Å². The summed E-state index contributed by atoms with van der Waals surface area (Å²) in [6.45, 7) is 3.85. The molecule has 1 N–H and O–H groups in total. The van der Waals surface area contributed by atoms with Crippen LogP contribution in [0.3, 0.4) is 0 Å². The van der Waals surface area contributed by atoms with E-state index in [0.29, 0.717) is 10.7 Å². The van der Waals surface area contributed by atoms with E-state index < -0.39 is 0 Å². The second-order valence-corrected chi connectivity index (χ2v) is 6.00. The van der Waals surface area contributed by atoms with Crippen molar-refractivity contribution in [2.45, 2.75) is 29.9 Å². The third-order valence-corrected chi connectivity index (χ3v) is 4.42. The van der Waals surface area contributed by atoms with Crippen molar-refractivity contribution in [2.24, 2.45) is 0 Å². The lowest BCUT2D eigenvalue weighted by Crippen LogP contribution is -2.19. The maximum absolute atomic E-state index is 11.6. The number of nitrogens with zero attached hydrogens (tertiary/aromatic N) is 3. The molecule has 98 valence electrons. The van der Waals surface area contributed by atoms with E-state index in [4.69, 9.17) is 5.26 Å². The molecule has 0 saturated carbocycles. The Kier molecular flexibility index (Phi) is 4.12. The van der Waals surface area contributed by atoms with Gasteiger partial charge in [-0.05, 0) is 59.7 Å². The summed E-state index contributed by atoms with van der Waals surface area (Å²) in [6.07, 6.45) is 0. The van der Waals surface area contributed by atoms with Crippen molar-refractivity contribution >= 4 is 27.7 Å². The molecule has 0 aliphatic rings. The Labute approximate surface area is 122 Å². The van der Waals surface area contributed by atoms with Crippen molar-refractivity contribution in [1.29, 1.82) is 5.26 Å². The van der Waals surface area contributed by atoms with Crippen LogP contribution in [0.4, 0.5) is 0 Å². The van der Waals surface area contributed by atoms with Crippen LogP contribution in [0.1, 0.15) is 25.5 Å². The SMILES string of the molecule is CC(C)n1c(Sc2ccc(C#N)cc2Br)n[nH]c1=O. The number of rotatable bonds is 3. The number of hydrogen-bond acceptors (Lipinski definition) is 4. The molecule has 2 aromatic rings. The van der Waals surface area contributed by atoms with Crippen LogP contribution in [0.25, 0.3) is 0 Å². The molecular weight excluding hydrogens is 328 g/mol. The molecule has 0 spiro atoms. The van der Waals surface area contributed by atoms with Crippen LogP contribution in [0.2, 0.25) is 0 Å². The first-order valence-corrected chi connectivity index (χ1v) is 7.18. The van der Waals surface area contributed by atoms with Crippen LogP contribution in [-0.4, -0.2) is 14.8 Å². The molecule has 2 rings (SSSR count). The summed E-state index contributed by atoms with van der Waals surface area (Å²) in [5.74, 6) is 0. The van der Waals surface area contributed by atoms with Crippen LogP contribution >= 0.6 is 27.7 Å². The number of benzene rings is 1. The van der Waals surface area contributed by atoms with Gasteiger partial charge in [0, 0.05) is 15.4 Å². The molecule has 0 aliphatic carbocycles. The van der Waals surface area contributed by atoms with E-state index in [1.165, 1.54) is 11.8 Å². The number of nitrogens with one attached hydrogen (secondary N) is 1. The summed E-state index contributed by atoms with van der Waals surface area (Å²) in [5, 5.41) is 15.9. The number of hydrogen-bond donors (Lipinski definition) is 1. The standard InChI is InChI=1S/C12H11BrN4OS/c1-7(2)17-11(18)15-16-12(17)19-10-4-3-8(6-14)5-9(10)13/h3-5,7H,1-2H3,(H,15,18). The lowest BCUT2D eigenvalue weighted by Gasteiger charge is -2.09. The van der Waals surface area contributed by atoms with Crippen molar-refractivity contribution in [1.82, 2.24) is 14.8 Å². The van der Waals surface area contributed by atoms with Gasteiger partial charge in [-0.25, -0.2) is 9.89 Å². The lowest BCUT2D eigenvalue weighted by atomic mass is 10.2. The highest BCUT2D eigenvalue weighted by Crippen LogP contribution is 2.33. The van der Waals surface area contributed by atoms with Gasteiger partial charge in [-0.3, -0.25) is 4.57 Å². The van der Waals surface area contributed by atoms with Gasteiger partial charge in [0.1, 0.15) is 0 Å². The average molecular weight is 339 g/mol. The average Bonchev–Trinajstić information content (AvgIpc) is 2.73. The zero-order valence-corrected chi connectivity index (χ0v) is 12.7. The number of aromatic nitrogens is 3. The minimum atomic E-state index is -0.220. The molecule has 1 aromatic heterocycles. The molecule has 0 bridgehead atoms. The lowest BCUT2D eigenvalue weighted by molar-refractivity contribution is 0.534. The van der Waals surface area contributed by atoms with E-state index in [9.17, 15) is 4.79 Å². The predicted molar refractivity (Wildman–Crippen MR) is 76.2 cm³/mol. The van der Waals surface area contributed by atoms with E-state index in [2.05, 4.69) is 32.2 Å². The second-order valence-electron chi connectivity index (χ2n) is 4.13. The van der Waals surface area contributed by atoms with Gasteiger partial charge in [0.2, 0.25) is 0 Å². The molecule has 0 radical (unpaired) electrons. The third-order valence-electron chi connectivity index (χ3n) is 2.45. The second kappa shape index (κ2) is 5.63. The molecule has 7 heteroatoms. The first-order valence-electron chi connectivity index (χ1n) is 5.57. The Hall–Kier alpha value is -1.52. The van der Waals surface area contributed by atoms with Gasteiger partial charge in [0.15, 0.2) is 5.16 Å². The minimum absolute atomic E-state index is 0.0332. The van der Waals surface area contributed by atoms with Gasteiger partial charge in [0.25, 0.3) is 0 Å². The molecule has 0 saturated heterocycles. The molecule has 0 amide bonds. The zero-order chi connectivity index (χ0) is 14.0. The Bertz CT molecular complexity index is 698. The number of H-pyrrole nitrogens is 1. The Morgan fingerprint density at radius 2 is 2.26 bits per heavy atom. The molecule has 0 fully saturated rings. The van der Waals surface area contributed by atoms with Gasteiger partial charge >= 0.3 is 5.69 Å². The van der Waals surface area contributed by atoms with E-state index in [1.54, 1.807) is 16.7 Å². The topological polar surface area (TPSA) is 74.5 Å². The molecule has 0 aliphatic heterocycles. The third kappa shape index (κ3) is 2.91. The first-order chi connectivity index (χ1) is 9.02. The van der Waals surface area contributed by atoms with Gasteiger partial charge in [-0.15, -0.1) is 5.10 Å². The van der Waals surface area contributed by atoms with Gasteiger partial charge in [0.05, 0.1) is 11.6 Å². The van der Waals surface area contributed by atoms with Crippen molar-refractivity contribution in [3.8, 4) is 6.07 Å². The van der Waals surface area contributed by atoms with Crippen LogP contribution in [0.15, 0.2) is 37.5 Å². The molecule has 5 nitrogen and oxygen atoms in total. The smallest absolute Gasteiger partial charge is 0.267 e. The van der Waals surface area contributed by atoms with E-state index in [-0.39, 0.29) is 11.7 Å². The van der Waals surface area contributed by atoms with Crippen LogP contribution in [-0.2, 0) is 0 Å². The van der Waals surface area contributed by atoms with E-state index in [1.807, 2.05) is 19.9 Å². The normalized spacial score (nSPS) is 10.7. The van der Waals surface area contributed by atoms with Crippen molar-refractivity contribution in [3.05, 3.63) is 38.7 Å². The summed E-state index contributed by atoms with van der Waals surface area (Å²) >= 11 is 4.79.